The number of rotatable bonds is 4. The fraction of sp³-hybridized carbons (Fsp3) is 0.391. The van der Waals surface area contributed by atoms with Gasteiger partial charge in [0.05, 0.1) is 0 Å². The number of anilines is 1. The minimum absolute atomic E-state index is 0.0730. The third kappa shape index (κ3) is 2.81. The lowest BCUT2D eigenvalue weighted by Gasteiger charge is -2.25. The number of aromatic amines is 1. The normalized spacial score (nSPS) is 18.3. The number of aromatic nitrogens is 1. The molecule has 5 nitrogen and oxygen atoms in total. The second-order valence-electron chi connectivity index (χ2n) is 9.01. The van der Waals surface area contributed by atoms with Gasteiger partial charge in [0.25, 0.3) is 0 Å². The van der Waals surface area contributed by atoms with Crippen LogP contribution in [0.2, 0.25) is 0 Å². The Morgan fingerprint density at radius 3 is 2.57 bits per heavy atom. The van der Waals surface area contributed by atoms with E-state index in [-0.39, 0.29) is 17.6 Å². The number of H-pyrrole nitrogens is 1. The average molecular weight is 378 g/mol. The number of ether oxygens (including phenoxy) is 2. The van der Waals surface area contributed by atoms with Gasteiger partial charge in [-0.2, -0.15) is 0 Å². The van der Waals surface area contributed by atoms with Crippen LogP contribution in [0.1, 0.15) is 44.9 Å². The SMILES string of the molecule is CC(C)(C)c1cc2cc(NC(O)C3(c4ccc5c(c4)OCO5)CC3)ccc2[nH]1. The summed E-state index contributed by atoms with van der Waals surface area (Å²) in [6.45, 7) is 6.86. The number of aliphatic hydroxyl groups excluding tert-OH is 1. The highest BCUT2D eigenvalue weighted by Gasteiger charge is 2.51. The van der Waals surface area contributed by atoms with E-state index < -0.39 is 6.23 Å². The van der Waals surface area contributed by atoms with Crippen molar-refractivity contribution in [3.05, 3.63) is 53.7 Å². The van der Waals surface area contributed by atoms with Crippen LogP contribution in [0.4, 0.5) is 5.69 Å². The van der Waals surface area contributed by atoms with E-state index in [1.165, 1.54) is 5.69 Å². The number of fused-ring (bicyclic) bond motifs is 2. The van der Waals surface area contributed by atoms with Crippen LogP contribution < -0.4 is 14.8 Å². The summed E-state index contributed by atoms with van der Waals surface area (Å²) in [4.78, 5) is 3.49. The van der Waals surface area contributed by atoms with Crippen LogP contribution in [0.25, 0.3) is 10.9 Å². The molecule has 0 bridgehead atoms. The molecular formula is C23H26N2O3. The van der Waals surface area contributed by atoms with Crippen molar-refractivity contribution < 1.29 is 14.6 Å². The summed E-state index contributed by atoms with van der Waals surface area (Å²) in [5.41, 5.74) is 4.14. The summed E-state index contributed by atoms with van der Waals surface area (Å²) < 4.78 is 10.9. The molecule has 3 aromatic rings. The van der Waals surface area contributed by atoms with Gasteiger partial charge in [-0.05, 0) is 54.8 Å². The summed E-state index contributed by atoms with van der Waals surface area (Å²) in [5, 5.41) is 15.5. The zero-order valence-corrected chi connectivity index (χ0v) is 16.5. The highest BCUT2D eigenvalue weighted by Crippen LogP contribution is 2.52. The van der Waals surface area contributed by atoms with Crippen LogP contribution in [-0.4, -0.2) is 23.1 Å². The van der Waals surface area contributed by atoms with E-state index in [2.05, 4.69) is 49.3 Å². The van der Waals surface area contributed by atoms with E-state index in [4.69, 9.17) is 9.47 Å². The Balaban J connectivity index is 1.39. The molecule has 1 fully saturated rings. The lowest BCUT2D eigenvalue weighted by atomic mass is 9.92. The third-order valence-electron chi connectivity index (χ3n) is 5.99. The fourth-order valence-corrected chi connectivity index (χ4v) is 3.98. The molecule has 0 spiro atoms. The molecular weight excluding hydrogens is 352 g/mol. The van der Waals surface area contributed by atoms with Crippen molar-refractivity contribution in [2.75, 3.05) is 12.1 Å². The molecule has 0 saturated heterocycles. The molecule has 2 aromatic carbocycles. The number of benzene rings is 2. The zero-order chi connectivity index (χ0) is 19.5. The lowest BCUT2D eigenvalue weighted by Crippen LogP contribution is -2.33. The average Bonchev–Trinajstić information content (AvgIpc) is 3.13. The topological polar surface area (TPSA) is 66.5 Å². The van der Waals surface area contributed by atoms with Crippen molar-refractivity contribution in [3.8, 4) is 11.5 Å². The molecule has 5 rings (SSSR count). The predicted molar refractivity (Wildman–Crippen MR) is 110 cm³/mol. The Morgan fingerprint density at radius 1 is 1.04 bits per heavy atom. The van der Waals surface area contributed by atoms with E-state index in [1.807, 2.05) is 24.3 Å². The first kappa shape index (κ1) is 17.4. The number of nitrogens with one attached hydrogen (secondary N) is 2. The number of hydrogen-bond donors (Lipinski definition) is 3. The molecule has 2 heterocycles. The van der Waals surface area contributed by atoms with E-state index in [0.29, 0.717) is 0 Å². The molecule has 1 aliphatic heterocycles. The second kappa shape index (κ2) is 5.92. The van der Waals surface area contributed by atoms with Crippen molar-refractivity contribution in [3.63, 3.8) is 0 Å². The minimum atomic E-state index is -0.661. The second-order valence-corrected chi connectivity index (χ2v) is 9.01. The Bertz CT molecular complexity index is 1040. The summed E-state index contributed by atoms with van der Waals surface area (Å²) in [6.07, 6.45) is 1.23. The van der Waals surface area contributed by atoms with Crippen LogP contribution in [0.5, 0.6) is 11.5 Å². The largest absolute Gasteiger partial charge is 0.454 e. The maximum atomic E-state index is 11.0. The van der Waals surface area contributed by atoms with Gasteiger partial charge in [0.1, 0.15) is 6.23 Å². The monoisotopic (exact) mass is 378 g/mol. The van der Waals surface area contributed by atoms with Gasteiger partial charge in [-0.15, -0.1) is 0 Å². The van der Waals surface area contributed by atoms with E-state index in [1.54, 1.807) is 0 Å². The van der Waals surface area contributed by atoms with Crippen molar-refractivity contribution >= 4 is 16.6 Å². The summed E-state index contributed by atoms with van der Waals surface area (Å²) >= 11 is 0. The third-order valence-corrected chi connectivity index (χ3v) is 5.99. The van der Waals surface area contributed by atoms with Gasteiger partial charge in [0.2, 0.25) is 6.79 Å². The molecule has 1 aliphatic carbocycles. The number of hydrogen-bond acceptors (Lipinski definition) is 4. The van der Waals surface area contributed by atoms with Crippen molar-refractivity contribution in [1.29, 1.82) is 0 Å². The fourth-order valence-electron chi connectivity index (χ4n) is 3.98. The first-order chi connectivity index (χ1) is 13.3. The molecule has 5 heteroatoms. The van der Waals surface area contributed by atoms with Crippen LogP contribution in [0.3, 0.4) is 0 Å². The smallest absolute Gasteiger partial charge is 0.231 e. The quantitative estimate of drug-likeness (QED) is 0.578. The molecule has 2 aliphatic rings. The van der Waals surface area contributed by atoms with Crippen LogP contribution >= 0.6 is 0 Å². The van der Waals surface area contributed by atoms with Crippen LogP contribution in [-0.2, 0) is 10.8 Å². The van der Waals surface area contributed by atoms with E-state index in [0.717, 1.165) is 46.5 Å². The molecule has 0 amide bonds. The molecule has 1 aromatic heterocycles. The molecule has 28 heavy (non-hydrogen) atoms. The standard InChI is InChI=1S/C23H26N2O3/c1-22(2,3)20-11-14-10-16(5-6-17(14)25-20)24-21(26)23(8-9-23)15-4-7-18-19(12-15)28-13-27-18/h4-7,10-12,21,24-26H,8-9,13H2,1-3H3. The Labute approximate surface area is 164 Å². The summed E-state index contributed by atoms with van der Waals surface area (Å²) in [5.74, 6) is 1.54. The predicted octanol–water partition coefficient (Wildman–Crippen LogP) is 4.66. The first-order valence-electron chi connectivity index (χ1n) is 9.83. The number of aliphatic hydroxyl groups is 1. The minimum Gasteiger partial charge on any atom is -0.454 e. The Hall–Kier alpha value is -2.66. The molecule has 1 saturated carbocycles. The lowest BCUT2D eigenvalue weighted by molar-refractivity contribution is 0.159. The van der Waals surface area contributed by atoms with Crippen molar-refractivity contribution in [2.24, 2.45) is 0 Å². The molecule has 3 N–H and O–H groups in total. The highest BCUT2D eigenvalue weighted by molar-refractivity contribution is 5.84. The maximum absolute atomic E-state index is 11.0. The van der Waals surface area contributed by atoms with Gasteiger partial charge in [-0.25, -0.2) is 0 Å². The van der Waals surface area contributed by atoms with Gasteiger partial charge < -0.3 is 24.9 Å². The van der Waals surface area contributed by atoms with Crippen LogP contribution in [0, 0.1) is 0 Å². The van der Waals surface area contributed by atoms with E-state index in [9.17, 15) is 5.11 Å². The van der Waals surface area contributed by atoms with Crippen molar-refractivity contribution in [1.82, 2.24) is 4.98 Å². The maximum Gasteiger partial charge on any atom is 0.231 e. The first-order valence-corrected chi connectivity index (χ1v) is 9.83. The van der Waals surface area contributed by atoms with E-state index >= 15 is 0 Å². The highest BCUT2D eigenvalue weighted by atomic mass is 16.7. The van der Waals surface area contributed by atoms with Gasteiger partial charge in [0, 0.05) is 33.1 Å². The Kier molecular flexibility index (Phi) is 3.68. The molecule has 0 radical (unpaired) electrons. The molecule has 1 atom stereocenters. The summed E-state index contributed by atoms with van der Waals surface area (Å²) in [6, 6.07) is 14.4. The van der Waals surface area contributed by atoms with Gasteiger partial charge in [-0.3, -0.25) is 0 Å². The van der Waals surface area contributed by atoms with Crippen LogP contribution in [0.15, 0.2) is 42.5 Å². The van der Waals surface area contributed by atoms with Gasteiger partial charge in [-0.1, -0.05) is 26.8 Å². The van der Waals surface area contributed by atoms with Gasteiger partial charge >= 0.3 is 0 Å². The zero-order valence-electron chi connectivity index (χ0n) is 16.5. The van der Waals surface area contributed by atoms with Crippen molar-refractivity contribution in [2.45, 2.75) is 50.7 Å². The van der Waals surface area contributed by atoms with Gasteiger partial charge in [0.15, 0.2) is 11.5 Å². The molecule has 146 valence electrons. The Morgan fingerprint density at radius 2 is 1.82 bits per heavy atom. The summed E-state index contributed by atoms with van der Waals surface area (Å²) in [7, 11) is 0. The molecule has 1 unspecified atom stereocenters.